The van der Waals surface area contributed by atoms with Crippen molar-refractivity contribution in [2.75, 3.05) is 13.1 Å². The van der Waals surface area contributed by atoms with E-state index in [1.54, 1.807) is 0 Å². The summed E-state index contributed by atoms with van der Waals surface area (Å²) in [5.74, 6) is 0.0282. The summed E-state index contributed by atoms with van der Waals surface area (Å²) >= 11 is 0. The number of aliphatic imine (C=N–C) groups is 1. The van der Waals surface area contributed by atoms with Gasteiger partial charge in [0, 0.05) is 0 Å². The molecule has 8 heavy (non-hydrogen) atoms. The van der Waals surface area contributed by atoms with Gasteiger partial charge in [-0.3, -0.25) is 0 Å². The van der Waals surface area contributed by atoms with Crippen LogP contribution in [0.1, 0.15) is 0 Å². The number of hydrogen-bond donors (Lipinski definition) is 1. The predicted molar refractivity (Wildman–Crippen MR) is 27.4 cm³/mol. The molecule has 0 amide bonds. The number of cyclic esters (lactones) is 1. The predicted octanol–water partition coefficient (Wildman–Crippen LogP) is -1.10. The smallest absolute Gasteiger partial charge is 0.334 e. The van der Waals surface area contributed by atoms with E-state index in [0.717, 1.165) is 0 Å². The van der Waals surface area contributed by atoms with E-state index in [-0.39, 0.29) is 19.1 Å². The Morgan fingerprint density at radius 1 is 1.88 bits per heavy atom. The second-order valence-corrected chi connectivity index (χ2v) is 1.39. The van der Waals surface area contributed by atoms with Crippen molar-refractivity contribution in [3.63, 3.8) is 0 Å². The van der Waals surface area contributed by atoms with E-state index in [0.29, 0.717) is 5.90 Å². The number of ether oxygens (including phenoxy) is 1. The normalized spacial score (nSPS) is 18.1. The molecule has 0 aromatic rings. The standard InChI is InChI=1S/C4H6N2O2/c5-1-3-6-2-4(7)8-3/h1-2,5H2. The molecule has 0 bridgehead atoms. The summed E-state index contributed by atoms with van der Waals surface area (Å²) in [6.07, 6.45) is 0. The Labute approximate surface area is 46.3 Å². The van der Waals surface area contributed by atoms with Gasteiger partial charge >= 0.3 is 5.97 Å². The first kappa shape index (κ1) is 5.24. The lowest BCUT2D eigenvalue weighted by atomic mass is 10.7. The van der Waals surface area contributed by atoms with E-state index in [1.807, 2.05) is 0 Å². The van der Waals surface area contributed by atoms with Crippen LogP contribution in [0.25, 0.3) is 0 Å². The van der Waals surface area contributed by atoms with Crippen molar-refractivity contribution in [3.8, 4) is 0 Å². The molecular weight excluding hydrogens is 108 g/mol. The maximum Gasteiger partial charge on any atom is 0.334 e. The Balaban J connectivity index is 2.49. The Bertz CT molecular complexity index is 141. The SMILES string of the molecule is NCC1=NCC(=O)O1. The van der Waals surface area contributed by atoms with Crippen molar-refractivity contribution in [2.24, 2.45) is 10.7 Å². The van der Waals surface area contributed by atoms with Gasteiger partial charge in [-0.05, 0) is 0 Å². The molecule has 0 unspecified atom stereocenters. The summed E-state index contributed by atoms with van der Waals surface area (Å²) in [6.45, 7) is 0.346. The zero-order valence-corrected chi connectivity index (χ0v) is 4.26. The number of nitrogens with zero attached hydrogens (tertiary/aromatic N) is 1. The van der Waals surface area contributed by atoms with Crippen LogP contribution >= 0.6 is 0 Å². The summed E-state index contributed by atoms with van der Waals surface area (Å²) in [6, 6.07) is 0. The largest absolute Gasteiger partial charge is 0.409 e. The summed E-state index contributed by atoms with van der Waals surface area (Å²) < 4.78 is 4.50. The fourth-order valence-electron chi connectivity index (χ4n) is 0.455. The Morgan fingerprint density at radius 2 is 2.62 bits per heavy atom. The van der Waals surface area contributed by atoms with Gasteiger partial charge in [-0.15, -0.1) is 0 Å². The molecule has 44 valence electrons. The van der Waals surface area contributed by atoms with Crippen molar-refractivity contribution in [1.82, 2.24) is 0 Å². The average Bonchev–Trinajstić information content (AvgIpc) is 2.14. The second-order valence-electron chi connectivity index (χ2n) is 1.39. The molecule has 2 N–H and O–H groups in total. The third-order valence-electron chi connectivity index (χ3n) is 0.791. The number of esters is 1. The first-order chi connectivity index (χ1) is 3.83. The van der Waals surface area contributed by atoms with Crippen LogP contribution in [-0.2, 0) is 9.53 Å². The number of hydrogen-bond acceptors (Lipinski definition) is 4. The average molecular weight is 114 g/mol. The van der Waals surface area contributed by atoms with Crippen molar-refractivity contribution >= 4 is 11.9 Å². The minimum absolute atomic E-state index is 0.131. The lowest BCUT2D eigenvalue weighted by Crippen LogP contribution is -2.15. The second kappa shape index (κ2) is 1.92. The molecule has 0 radical (unpaired) electrons. The first-order valence-electron chi connectivity index (χ1n) is 2.27. The van der Waals surface area contributed by atoms with Gasteiger partial charge in [0.2, 0.25) is 5.90 Å². The summed E-state index contributed by atoms with van der Waals surface area (Å²) in [7, 11) is 0. The van der Waals surface area contributed by atoms with E-state index >= 15 is 0 Å². The highest BCUT2D eigenvalue weighted by molar-refractivity contribution is 5.95. The molecule has 1 aliphatic rings. The summed E-state index contributed by atoms with van der Waals surface area (Å²) in [5.41, 5.74) is 5.09. The van der Waals surface area contributed by atoms with Gasteiger partial charge in [0.25, 0.3) is 0 Å². The summed E-state index contributed by atoms with van der Waals surface area (Å²) in [5, 5.41) is 0. The summed E-state index contributed by atoms with van der Waals surface area (Å²) in [4.78, 5) is 13.9. The molecule has 4 heteroatoms. The minimum atomic E-state index is -0.314. The van der Waals surface area contributed by atoms with Crippen LogP contribution in [-0.4, -0.2) is 25.0 Å². The number of nitrogens with two attached hydrogens (primary N) is 1. The highest BCUT2D eigenvalue weighted by Gasteiger charge is 2.12. The first-order valence-corrected chi connectivity index (χ1v) is 2.27. The topological polar surface area (TPSA) is 64.7 Å². The van der Waals surface area contributed by atoms with Crippen molar-refractivity contribution in [3.05, 3.63) is 0 Å². The molecule has 0 saturated carbocycles. The van der Waals surface area contributed by atoms with Gasteiger partial charge < -0.3 is 10.5 Å². The van der Waals surface area contributed by atoms with Gasteiger partial charge in [-0.25, -0.2) is 9.79 Å². The van der Waals surface area contributed by atoms with Crippen LogP contribution in [0.15, 0.2) is 4.99 Å². The molecular formula is C4H6N2O2. The van der Waals surface area contributed by atoms with Crippen molar-refractivity contribution in [2.45, 2.75) is 0 Å². The fourth-order valence-corrected chi connectivity index (χ4v) is 0.455. The molecule has 0 aliphatic carbocycles. The molecule has 1 aliphatic heterocycles. The van der Waals surface area contributed by atoms with E-state index in [1.165, 1.54) is 0 Å². The molecule has 0 fully saturated rings. The zero-order valence-electron chi connectivity index (χ0n) is 4.26. The van der Waals surface area contributed by atoms with Gasteiger partial charge in [0.1, 0.15) is 6.54 Å². The molecule has 4 nitrogen and oxygen atoms in total. The lowest BCUT2D eigenvalue weighted by molar-refractivity contribution is -0.132. The number of carbonyl (C=O) groups excluding carboxylic acids is 1. The fraction of sp³-hybridized carbons (Fsp3) is 0.500. The number of carbonyl (C=O) groups is 1. The highest BCUT2D eigenvalue weighted by atomic mass is 16.6. The maximum absolute atomic E-state index is 10.2. The van der Waals surface area contributed by atoms with Gasteiger partial charge in [-0.1, -0.05) is 0 Å². The molecule has 1 rings (SSSR count). The van der Waals surface area contributed by atoms with Crippen molar-refractivity contribution in [1.29, 1.82) is 0 Å². The molecule has 0 spiro atoms. The van der Waals surface area contributed by atoms with Gasteiger partial charge in [0.05, 0.1) is 6.54 Å². The third kappa shape index (κ3) is 0.840. The van der Waals surface area contributed by atoms with E-state index in [2.05, 4.69) is 9.73 Å². The van der Waals surface area contributed by atoms with E-state index in [9.17, 15) is 4.79 Å². The maximum atomic E-state index is 10.2. The molecule has 0 atom stereocenters. The van der Waals surface area contributed by atoms with E-state index < -0.39 is 0 Å². The van der Waals surface area contributed by atoms with Crippen LogP contribution < -0.4 is 5.73 Å². The molecule has 1 heterocycles. The van der Waals surface area contributed by atoms with Crippen molar-refractivity contribution < 1.29 is 9.53 Å². The van der Waals surface area contributed by atoms with Gasteiger partial charge in [0.15, 0.2) is 0 Å². The molecule has 0 aromatic carbocycles. The quantitative estimate of drug-likeness (QED) is 0.440. The third-order valence-corrected chi connectivity index (χ3v) is 0.791. The Morgan fingerprint density at radius 3 is 2.88 bits per heavy atom. The molecule has 0 saturated heterocycles. The van der Waals surface area contributed by atoms with E-state index in [4.69, 9.17) is 5.73 Å². The van der Waals surface area contributed by atoms with Crippen LogP contribution in [0.2, 0.25) is 0 Å². The van der Waals surface area contributed by atoms with Crippen LogP contribution in [0.5, 0.6) is 0 Å². The van der Waals surface area contributed by atoms with Gasteiger partial charge in [-0.2, -0.15) is 0 Å². The van der Waals surface area contributed by atoms with Crippen LogP contribution in [0.3, 0.4) is 0 Å². The monoisotopic (exact) mass is 114 g/mol. The Hall–Kier alpha value is -0.900. The lowest BCUT2D eigenvalue weighted by Gasteiger charge is -1.90. The highest BCUT2D eigenvalue weighted by Crippen LogP contribution is 1.92. The minimum Gasteiger partial charge on any atom is -0.409 e. The number of rotatable bonds is 1. The molecule has 0 aromatic heterocycles. The van der Waals surface area contributed by atoms with Crippen LogP contribution in [0, 0.1) is 0 Å². The van der Waals surface area contributed by atoms with Crippen LogP contribution in [0.4, 0.5) is 0 Å². The zero-order chi connectivity index (χ0) is 5.98. The Kier molecular flexibility index (Phi) is 1.26.